The highest BCUT2D eigenvalue weighted by atomic mass is 16.5. The first kappa shape index (κ1) is 17.0. The van der Waals surface area contributed by atoms with Gasteiger partial charge in [-0.25, -0.2) is 0 Å². The summed E-state index contributed by atoms with van der Waals surface area (Å²) < 4.78 is 10.2. The molecule has 1 rings (SSSR count). The van der Waals surface area contributed by atoms with E-state index in [2.05, 4.69) is 18.6 Å². The van der Waals surface area contributed by atoms with Gasteiger partial charge >= 0.3 is 5.97 Å². The fourth-order valence-corrected chi connectivity index (χ4v) is 1.82. The molecule has 0 bridgehead atoms. The lowest BCUT2D eigenvalue weighted by Crippen LogP contribution is -2.33. The summed E-state index contributed by atoms with van der Waals surface area (Å²) >= 11 is 0. The van der Waals surface area contributed by atoms with E-state index in [1.807, 2.05) is 24.3 Å². The molecule has 1 aromatic rings. The van der Waals surface area contributed by atoms with Crippen molar-refractivity contribution in [3.8, 4) is 5.75 Å². The van der Waals surface area contributed by atoms with Crippen LogP contribution in [0, 0.1) is 0 Å². The Labute approximate surface area is 125 Å². The number of rotatable bonds is 7. The minimum Gasteiger partial charge on any atom is -0.483 e. The van der Waals surface area contributed by atoms with Gasteiger partial charge in [-0.1, -0.05) is 32.0 Å². The average Bonchev–Trinajstić information content (AvgIpc) is 2.49. The number of methoxy groups -OCH3 is 1. The third-order valence-electron chi connectivity index (χ3n) is 3.20. The van der Waals surface area contributed by atoms with Crippen molar-refractivity contribution in [2.75, 3.05) is 27.3 Å². The van der Waals surface area contributed by atoms with E-state index in [-0.39, 0.29) is 24.9 Å². The maximum absolute atomic E-state index is 11.9. The number of hydrogen-bond acceptors (Lipinski definition) is 4. The molecule has 116 valence electrons. The summed E-state index contributed by atoms with van der Waals surface area (Å²) in [6, 6.07) is 7.68. The Balaban J connectivity index is 2.51. The molecule has 0 aliphatic rings. The fourth-order valence-electron chi connectivity index (χ4n) is 1.82. The van der Waals surface area contributed by atoms with Crippen molar-refractivity contribution in [2.24, 2.45) is 0 Å². The van der Waals surface area contributed by atoms with Gasteiger partial charge in [-0.3, -0.25) is 9.59 Å². The van der Waals surface area contributed by atoms with Crippen molar-refractivity contribution < 1.29 is 19.1 Å². The first-order valence-electron chi connectivity index (χ1n) is 6.98. The van der Waals surface area contributed by atoms with Crippen LogP contribution >= 0.6 is 0 Å². The zero-order valence-corrected chi connectivity index (χ0v) is 13.1. The Kier molecular flexibility index (Phi) is 6.72. The summed E-state index contributed by atoms with van der Waals surface area (Å²) in [6.07, 6.45) is 0.182. The molecule has 0 atom stereocenters. The van der Waals surface area contributed by atoms with Crippen LogP contribution in [0.2, 0.25) is 0 Å². The highest BCUT2D eigenvalue weighted by Crippen LogP contribution is 2.25. The zero-order valence-electron chi connectivity index (χ0n) is 13.1. The second-order valence-corrected chi connectivity index (χ2v) is 5.12. The van der Waals surface area contributed by atoms with Gasteiger partial charge in [0.15, 0.2) is 6.61 Å². The predicted molar refractivity (Wildman–Crippen MR) is 80.3 cm³/mol. The van der Waals surface area contributed by atoms with Crippen LogP contribution in [-0.4, -0.2) is 44.1 Å². The number of carbonyl (C=O) groups is 2. The fraction of sp³-hybridized carbons (Fsp3) is 0.500. The van der Waals surface area contributed by atoms with Gasteiger partial charge < -0.3 is 14.4 Å². The number of hydrogen-bond donors (Lipinski definition) is 0. The van der Waals surface area contributed by atoms with Crippen LogP contribution in [-0.2, 0) is 14.3 Å². The predicted octanol–water partition coefficient (Wildman–Crippen LogP) is 2.21. The van der Waals surface area contributed by atoms with E-state index in [1.165, 1.54) is 12.0 Å². The molecule has 0 unspecified atom stereocenters. The second-order valence-electron chi connectivity index (χ2n) is 5.12. The number of carbonyl (C=O) groups excluding carboxylic acids is 2. The smallest absolute Gasteiger partial charge is 0.307 e. The quantitative estimate of drug-likeness (QED) is 0.723. The second kappa shape index (κ2) is 8.29. The van der Waals surface area contributed by atoms with E-state index in [1.54, 1.807) is 7.05 Å². The number of para-hydroxylation sites is 1. The maximum Gasteiger partial charge on any atom is 0.307 e. The van der Waals surface area contributed by atoms with E-state index in [0.29, 0.717) is 12.5 Å². The van der Waals surface area contributed by atoms with Crippen LogP contribution in [0.25, 0.3) is 0 Å². The molecular formula is C16H23NO4. The molecule has 21 heavy (non-hydrogen) atoms. The standard InChI is InChI=1S/C16H23NO4/c1-12(2)13-7-5-6-8-14(13)21-11-15(18)17(3)10-9-16(19)20-4/h5-8,12H,9-11H2,1-4H3. The number of nitrogens with zero attached hydrogens (tertiary/aromatic N) is 1. The van der Waals surface area contributed by atoms with Crippen molar-refractivity contribution in [3.05, 3.63) is 29.8 Å². The third kappa shape index (κ3) is 5.45. The first-order valence-corrected chi connectivity index (χ1v) is 6.98. The number of benzene rings is 1. The van der Waals surface area contributed by atoms with Gasteiger partial charge in [-0.15, -0.1) is 0 Å². The minimum atomic E-state index is -0.333. The SMILES string of the molecule is COC(=O)CCN(C)C(=O)COc1ccccc1C(C)C. The number of ether oxygens (including phenoxy) is 2. The van der Waals surface area contributed by atoms with Crippen molar-refractivity contribution >= 4 is 11.9 Å². The number of esters is 1. The van der Waals surface area contributed by atoms with Gasteiger partial charge in [0.1, 0.15) is 5.75 Å². The van der Waals surface area contributed by atoms with Crippen molar-refractivity contribution in [3.63, 3.8) is 0 Å². The molecule has 5 heteroatoms. The minimum absolute atomic E-state index is 0.0403. The molecule has 1 aromatic carbocycles. The molecule has 0 radical (unpaired) electrons. The molecule has 0 aliphatic carbocycles. The third-order valence-corrected chi connectivity index (χ3v) is 3.20. The summed E-state index contributed by atoms with van der Waals surface area (Å²) in [5.74, 6) is 0.550. The van der Waals surface area contributed by atoms with Crippen LogP contribution < -0.4 is 4.74 Å². The lowest BCUT2D eigenvalue weighted by Gasteiger charge is -2.18. The number of likely N-dealkylation sites (N-methyl/N-ethyl adjacent to an activating group) is 1. The van der Waals surface area contributed by atoms with Gasteiger partial charge in [0.05, 0.1) is 13.5 Å². The Morgan fingerprint density at radius 3 is 2.52 bits per heavy atom. The van der Waals surface area contributed by atoms with E-state index in [4.69, 9.17) is 4.74 Å². The largest absolute Gasteiger partial charge is 0.483 e. The summed E-state index contributed by atoms with van der Waals surface area (Å²) in [6.45, 7) is 4.43. The van der Waals surface area contributed by atoms with Gasteiger partial charge in [-0.05, 0) is 17.5 Å². The van der Waals surface area contributed by atoms with E-state index in [9.17, 15) is 9.59 Å². The lowest BCUT2D eigenvalue weighted by molar-refractivity contribution is -0.141. The average molecular weight is 293 g/mol. The molecule has 0 heterocycles. The lowest BCUT2D eigenvalue weighted by atomic mass is 10.0. The Hall–Kier alpha value is -2.04. The van der Waals surface area contributed by atoms with Crippen LogP contribution in [0.15, 0.2) is 24.3 Å². The summed E-state index contributed by atoms with van der Waals surface area (Å²) in [4.78, 5) is 24.5. The normalized spacial score (nSPS) is 10.3. The molecular weight excluding hydrogens is 270 g/mol. The Morgan fingerprint density at radius 2 is 1.90 bits per heavy atom. The van der Waals surface area contributed by atoms with Gasteiger partial charge in [0.25, 0.3) is 5.91 Å². The van der Waals surface area contributed by atoms with E-state index >= 15 is 0 Å². The molecule has 1 amide bonds. The molecule has 0 saturated carbocycles. The van der Waals surface area contributed by atoms with Crippen LogP contribution in [0.3, 0.4) is 0 Å². The monoisotopic (exact) mass is 293 g/mol. The van der Waals surface area contributed by atoms with Crippen molar-refractivity contribution in [2.45, 2.75) is 26.2 Å². The van der Waals surface area contributed by atoms with Crippen LogP contribution in [0.4, 0.5) is 0 Å². The summed E-state index contributed by atoms with van der Waals surface area (Å²) in [5.41, 5.74) is 1.07. The summed E-state index contributed by atoms with van der Waals surface area (Å²) in [7, 11) is 2.97. The van der Waals surface area contributed by atoms with Gasteiger partial charge in [0, 0.05) is 13.6 Å². The van der Waals surface area contributed by atoms with E-state index in [0.717, 1.165) is 11.3 Å². The van der Waals surface area contributed by atoms with E-state index < -0.39 is 0 Å². The van der Waals surface area contributed by atoms with Gasteiger partial charge in [-0.2, -0.15) is 0 Å². The highest BCUT2D eigenvalue weighted by molar-refractivity contribution is 5.78. The molecule has 0 saturated heterocycles. The van der Waals surface area contributed by atoms with Gasteiger partial charge in [0.2, 0.25) is 0 Å². The molecule has 0 aromatic heterocycles. The zero-order chi connectivity index (χ0) is 15.8. The van der Waals surface area contributed by atoms with Crippen molar-refractivity contribution in [1.82, 2.24) is 4.90 Å². The Bertz CT molecular complexity index is 485. The Morgan fingerprint density at radius 1 is 1.24 bits per heavy atom. The van der Waals surface area contributed by atoms with Crippen LogP contribution in [0.1, 0.15) is 31.7 Å². The van der Waals surface area contributed by atoms with Crippen molar-refractivity contribution in [1.29, 1.82) is 0 Å². The molecule has 0 N–H and O–H groups in total. The molecule has 0 aliphatic heterocycles. The molecule has 0 spiro atoms. The number of amides is 1. The topological polar surface area (TPSA) is 55.8 Å². The molecule has 5 nitrogen and oxygen atoms in total. The molecule has 0 fully saturated rings. The summed E-state index contributed by atoms with van der Waals surface area (Å²) in [5, 5.41) is 0. The van der Waals surface area contributed by atoms with Crippen LogP contribution in [0.5, 0.6) is 5.75 Å². The maximum atomic E-state index is 11.9. The first-order chi connectivity index (χ1) is 9.95. The highest BCUT2D eigenvalue weighted by Gasteiger charge is 2.13.